The molecule has 0 saturated heterocycles. The molecule has 0 spiro atoms. The lowest BCUT2D eigenvalue weighted by molar-refractivity contribution is 0.0952. The third-order valence-corrected chi connectivity index (χ3v) is 3.85. The number of benzene rings is 1. The second-order valence-corrected chi connectivity index (χ2v) is 5.64. The van der Waals surface area contributed by atoms with E-state index in [0.29, 0.717) is 10.0 Å². The number of carbonyl (C=O) groups is 1. The Morgan fingerprint density at radius 3 is 2.83 bits per heavy atom. The first kappa shape index (κ1) is 15.4. The van der Waals surface area contributed by atoms with E-state index in [9.17, 15) is 4.79 Å². The molecule has 0 aliphatic rings. The minimum Gasteiger partial charge on any atom is -0.340 e. The Hall–Kier alpha value is -2.48. The van der Waals surface area contributed by atoms with E-state index in [1.54, 1.807) is 28.9 Å². The topological polar surface area (TPSA) is 46.4 Å². The average Bonchev–Trinajstić information content (AvgIpc) is 3.00. The van der Waals surface area contributed by atoms with E-state index in [1.165, 1.54) is 0 Å². The number of halogens is 2. The third kappa shape index (κ3) is 3.02. The van der Waals surface area contributed by atoms with Crippen LogP contribution in [-0.2, 0) is 0 Å². The third-order valence-electron chi connectivity index (χ3n) is 3.31. The molecular formula is C17H11Cl2N3O. The summed E-state index contributed by atoms with van der Waals surface area (Å²) in [6.07, 6.45) is 6.93. The number of terminal acetylenes is 1. The SMILES string of the molecule is C#CCNC(=O)c1cc(-c2ccc(Cl)cc2Cl)c2cccn2n1. The van der Waals surface area contributed by atoms with Crippen molar-refractivity contribution in [3.63, 3.8) is 0 Å². The van der Waals surface area contributed by atoms with Gasteiger partial charge in [-0.2, -0.15) is 5.10 Å². The summed E-state index contributed by atoms with van der Waals surface area (Å²) in [5, 5.41) is 7.94. The van der Waals surface area contributed by atoms with Crippen molar-refractivity contribution in [1.29, 1.82) is 0 Å². The first-order valence-electron chi connectivity index (χ1n) is 6.75. The second-order valence-electron chi connectivity index (χ2n) is 4.79. The van der Waals surface area contributed by atoms with Gasteiger partial charge in [-0.1, -0.05) is 35.2 Å². The van der Waals surface area contributed by atoms with Gasteiger partial charge in [-0.3, -0.25) is 4.79 Å². The zero-order valence-electron chi connectivity index (χ0n) is 11.9. The molecule has 0 atom stereocenters. The van der Waals surface area contributed by atoms with Crippen molar-refractivity contribution in [1.82, 2.24) is 14.9 Å². The fraction of sp³-hybridized carbons (Fsp3) is 0.0588. The number of aromatic nitrogens is 2. The molecular weight excluding hydrogens is 333 g/mol. The number of fused-ring (bicyclic) bond motifs is 1. The standard InChI is InChI=1S/C17H11Cl2N3O/c1-2-7-20-17(23)15-10-13(16-4-3-8-22(16)21-15)12-6-5-11(18)9-14(12)19/h1,3-6,8-10H,7H2,(H,20,23). The van der Waals surface area contributed by atoms with Crippen LogP contribution in [0.25, 0.3) is 16.6 Å². The lowest BCUT2D eigenvalue weighted by atomic mass is 10.0. The maximum Gasteiger partial charge on any atom is 0.272 e. The lowest BCUT2D eigenvalue weighted by Crippen LogP contribution is -2.25. The van der Waals surface area contributed by atoms with Crippen molar-refractivity contribution in [2.45, 2.75) is 0 Å². The molecule has 114 valence electrons. The van der Waals surface area contributed by atoms with Crippen LogP contribution in [-0.4, -0.2) is 22.1 Å². The summed E-state index contributed by atoms with van der Waals surface area (Å²) >= 11 is 12.3. The minimum atomic E-state index is -0.343. The van der Waals surface area contributed by atoms with Gasteiger partial charge < -0.3 is 5.32 Å². The maximum absolute atomic E-state index is 12.2. The van der Waals surface area contributed by atoms with Crippen LogP contribution in [0.15, 0.2) is 42.6 Å². The summed E-state index contributed by atoms with van der Waals surface area (Å²) in [4.78, 5) is 12.2. The normalized spacial score (nSPS) is 10.5. The van der Waals surface area contributed by atoms with Gasteiger partial charge >= 0.3 is 0 Å². The highest BCUT2D eigenvalue weighted by Gasteiger charge is 2.15. The maximum atomic E-state index is 12.2. The van der Waals surface area contributed by atoms with Crippen molar-refractivity contribution >= 4 is 34.6 Å². The van der Waals surface area contributed by atoms with Gasteiger partial charge in [0.15, 0.2) is 0 Å². The molecule has 1 amide bonds. The van der Waals surface area contributed by atoms with E-state index in [2.05, 4.69) is 16.3 Å². The highest BCUT2D eigenvalue weighted by Crippen LogP contribution is 2.33. The number of hydrogen-bond donors (Lipinski definition) is 1. The zero-order chi connectivity index (χ0) is 16.4. The van der Waals surface area contributed by atoms with Crippen LogP contribution in [0, 0.1) is 12.3 Å². The van der Waals surface area contributed by atoms with Crippen molar-refractivity contribution < 1.29 is 4.79 Å². The molecule has 3 aromatic rings. The Morgan fingerprint density at radius 2 is 2.09 bits per heavy atom. The number of carbonyl (C=O) groups excluding carboxylic acids is 1. The summed E-state index contributed by atoms with van der Waals surface area (Å²) in [5.41, 5.74) is 2.65. The average molecular weight is 344 g/mol. The fourth-order valence-corrected chi connectivity index (χ4v) is 2.80. The van der Waals surface area contributed by atoms with E-state index in [1.807, 2.05) is 18.2 Å². The van der Waals surface area contributed by atoms with Crippen LogP contribution >= 0.6 is 23.2 Å². The molecule has 0 aliphatic heterocycles. The molecule has 0 saturated carbocycles. The van der Waals surface area contributed by atoms with E-state index >= 15 is 0 Å². The number of rotatable bonds is 3. The molecule has 1 N–H and O–H groups in total. The van der Waals surface area contributed by atoms with E-state index in [0.717, 1.165) is 16.6 Å². The molecule has 2 aromatic heterocycles. The Bertz CT molecular complexity index is 941. The predicted octanol–water partition coefficient (Wildman–Crippen LogP) is 3.67. The Labute approximate surface area is 143 Å². The predicted molar refractivity (Wildman–Crippen MR) is 91.8 cm³/mol. The first-order chi connectivity index (χ1) is 11.1. The summed E-state index contributed by atoms with van der Waals surface area (Å²) in [6.45, 7) is 0.140. The molecule has 2 heterocycles. The molecule has 0 bridgehead atoms. The van der Waals surface area contributed by atoms with Crippen molar-refractivity contribution in [2.75, 3.05) is 6.54 Å². The van der Waals surface area contributed by atoms with E-state index in [-0.39, 0.29) is 18.1 Å². The smallest absolute Gasteiger partial charge is 0.272 e. The van der Waals surface area contributed by atoms with Gasteiger partial charge in [-0.15, -0.1) is 6.42 Å². The quantitative estimate of drug-likeness (QED) is 0.737. The van der Waals surface area contributed by atoms with Crippen molar-refractivity contribution in [2.24, 2.45) is 0 Å². The molecule has 23 heavy (non-hydrogen) atoms. The monoisotopic (exact) mass is 343 g/mol. The Morgan fingerprint density at radius 1 is 1.26 bits per heavy atom. The number of nitrogens with one attached hydrogen (secondary N) is 1. The van der Waals surface area contributed by atoms with Gasteiger partial charge in [0.25, 0.3) is 5.91 Å². The van der Waals surface area contributed by atoms with E-state index in [4.69, 9.17) is 29.6 Å². The number of amides is 1. The summed E-state index contributed by atoms with van der Waals surface area (Å²) in [7, 11) is 0. The first-order valence-corrected chi connectivity index (χ1v) is 7.51. The highest BCUT2D eigenvalue weighted by molar-refractivity contribution is 6.36. The number of nitrogens with zero attached hydrogens (tertiary/aromatic N) is 2. The molecule has 0 aliphatic carbocycles. The van der Waals surface area contributed by atoms with Crippen molar-refractivity contribution in [3.8, 4) is 23.5 Å². The molecule has 0 radical (unpaired) electrons. The van der Waals surface area contributed by atoms with Crippen LogP contribution in [0.1, 0.15) is 10.5 Å². The van der Waals surface area contributed by atoms with Gasteiger partial charge in [0.05, 0.1) is 12.1 Å². The fourth-order valence-electron chi connectivity index (χ4n) is 2.28. The summed E-state index contributed by atoms with van der Waals surface area (Å²) in [5.74, 6) is 2.02. The number of hydrogen-bond acceptors (Lipinski definition) is 2. The molecule has 6 heteroatoms. The van der Waals surface area contributed by atoms with Crippen LogP contribution in [0.4, 0.5) is 0 Å². The molecule has 1 aromatic carbocycles. The molecule has 0 unspecified atom stereocenters. The molecule has 4 nitrogen and oxygen atoms in total. The van der Waals surface area contributed by atoms with Gasteiger partial charge in [0.2, 0.25) is 0 Å². The van der Waals surface area contributed by atoms with Crippen LogP contribution in [0.5, 0.6) is 0 Å². The van der Waals surface area contributed by atoms with Gasteiger partial charge in [0, 0.05) is 27.4 Å². The van der Waals surface area contributed by atoms with Crippen LogP contribution < -0.4 is 5.32 Å². The van der Waals surface area contributed by atoms with Crippen LogP contribution in [0.3, 0.4) is 0 Å². The Balaban J connectivity index is 2.17. The van der Waals surface area contributed by atoms with Gasteiger partial charge in [-0.25, -0.2) is 4.52 Å². The van der Waals surface area contributed by atoms with E-state index < -0.39 is 0 Å². The second kappa shape index (κ2) is 6.33. The highest BCUT2D eigenvalue weighted by atomic mass is 35.5. The van der Waals surface area contributed by atoms with Gasteiger partial charge in [0.1, 0.15) is 5.69 Å². The van der Waals surface area contributed by atoms with Crippen LogP contribution in [0.2, 0.25) is 10.0 Å². The summed E-state index contributed by atoms with van der Waals surface area (Å²) < 4.78 is 1.63. The lowest BCUT2D eigenvalue weighted by Gasteiger charge is -2.10. The van der Waals surface area contributed by atoms with Crippen molar-refractivity contribution in [3.05, 3.63) is 58.3 Å². The van der Waals surface area contributed by atoms with Gasteiger partial charge in [-0.05, 0) is 30.3 Å². The zero-order valence-corrected chi connectivity index (χ0v) is 13.4. The minimum absolute atomic E-state index is 0.140. The Kier molecular flexibility index (Phi) is 4.24. The molecule has 0 fully saturated rings. The largest absolute Gasteiger partial charge is 0.340 e. The molecule has 3 rings (SSSR count). The summed E-state index contributed by atoms with van der Waals surface area (Å²) in [6, 6.07) is 10.7.